The van der Waals surface area contributed by atoms with E-state index in [9.17, 15) is 0 Å². The quantitative estimate of drug-likeness (QED) is 0.529. The van der Waals surface area contributed by atoms with E-state index in [1.807, 2.05) is 12.1 Å². The molecule has 2 N–H and O–H groups in total. The summed E-state index contributed by atoms with van der Waals surface area (Å²) in [6, 6.07) is 3.72. The van der Waals surface area contributed by atoms with Crippen LogP contribution in [0.2, 0.25) is 0 Å². The molecule has 0 aliphatic heterocycles. The normalized spacial score (nSPS) is 11.1. The predicted octanol–water partition coefficient (Wildman–Crippen LogP) is 1.19. The first kappa shape index (κ1) is 10.3. The Balaban J connectivity index is 1.81. The van der Waals surface area contributed by atoms with Gasteiger partial charge < -0.3 is 4.98 Å². The molecule has 0 fully saturated rings. The van der Waals surface area contributed by atoms with Crippen molar-refractivity contribution in [3.8, 4) is 0 Å². The Kier molecular flexibility index (Phi) is 2.63. The first-order chi connectivity index (χ1) is 8.93. The van der Waals surface area contributed by atoms with Gasteiger partial charge in [-0.3, -0.25) is 10.4 Å². The molecule has 3 heterocycles. The van der Waals surface area contributed by atoms with Crippen LogP contribution >= 0.6 is 0 Å². The molecular formula is C11H9N7. The number of fused-ring (bicyclic) bond motifs is 1. The molecular weight excluding hydrogens is 230 g/mol. The monoisotopic (exact) mass is 239 g/mol. The standard InChI is InChI=1S/C11H9N7/c1-3-12-4-2-8(1)5-17-18-11-9-10(14-6-13-9)15-7-16-11/h1-7H,(H2,13,14,15,16,18). The molecule has 18 heavy (non-hydrogen) atoms. The van der Waals surface area contributed by atoms with E-state index in [-0.39, 0.29) is 0 Å². The fraction of sp³-hybridized carbons (Fsp3) is 0. The highest BCUT2D eigenvalue weighted by Gasteiger charge is 2.03. The summed E-state index contributed by atoms with van der Waals surface area (Å²) in [6.07, 6.45) is 8.11. The zero-order valence-electron chi connectivity index (χ0n) is 9.28. The summed E-state index contributed by atoms with van der Waals surface area (Å²) in [5.41, 5.74) is 5.13. The number of anilines is 1. The molecule has 0 bridgehead atoms. The Hall–Kier alpha value is -2.83. The highest BCUT2D eigenvalue weighted by molar-refractivity contribution is 5.84. The number of hydrogen-bond donors (Lipinski definition) is 2. The maximum absolute atomic E-state index is 4.10. The molecule has 0 unspecified atom stereocenters. The molecule has 3 aromatic heterocycles. The lowest BCUT2D eigenvalue weighted by atomic mass is 10.3. The lowest BCUT2D eigenvalue weighted by molar-refractivity contribution is 1.17. The number of hydrogen-bond acceptors (Lipinski definition) is 6. The summed E-state index contributed by atoms with van der Waals surface area (Å²) in [5, 5.41) is 4.10. The molecule has 0 aliphatic carbocycles. The van der Waals surface area contributed by atoms with Crippen LogP contribution in [0.25, 0.3) is 11.2 Å². The van der Waals surface area contributed by atoms with Crippen LogP contribution in [-0.4, -0.2) is 31.1 Å². The number of hydrazone groups is 1. The average Bonchev–Trinajstić information content (AvgIpc) is 2.89. The summed E-state index contributed by atoms with van der Waals surface area (Å²) in [7, 11) is 0. The number of nitrogens with one attached hydrogen (secondary N) is 2. The molecule has 0 amide bonds. The molecule has 7 heteroatoms. The molecule has 3 aromatic rings. The molecule has 7 nitrogen and oxygen atoms in total. The van der Waals surface area contributed by atoms with Gasteiger partial charge in [-0.15, -0.1) is 0 Å². The smallest absolute Gasteiger partial charge is 0.182 e. The third-order valence-electron chi connectivity index (χ3n) is 2.31. The van der Waals surface area contributed by atoms with E-state index in [0.29, 0.717) is 11.5 Å². The van der Waals surface area contributed by atoms with Gasteiger partial charge in [0.05, 0.1) is 12.5 Å². The van der Waals surface area contributed by atoms with Gasteiger partial charge in [0.25, 0.3) is 0 Å². The fourth-order valence-electron chi connectivity index (χ4n) is 1.47. The van der Waals surface area contributed by atoms with Crippen molar-refractivity contribution >= 4 is 23.2 Å². The van der Waals surface area contributed by atoms with Crippen molar-refractivity contribution in [2.75, 3.05) is 5.43 Å². The molecule has 88 valence electrons. The number of H-pyrrole nitrogens is 1. The minimum atomic E-state index is 0.586. The van der Waals surface area contributed by atoms with Crippen LogP contribution in [-0.2, 0) is 0 Å². The van der Waals surface area contributed by atoms with Gasteiger partial charge in [-0.1, -0.05) is 0 Å². The summed E-state index contributed by atoms with van der Waals surface area (Å²) in [6.45, 7) is 0. The van der Waals surface area contributed by atoms with Gasteiger partial charge in [0.15, 0.2) is 11.5 Å². The number of aromatic nitrogens is 5. The van der Waals surface area contributed by atoms with E-state index < -0.39 is 0 Å². The van der Waals surface area contributed by atoms with E-state index in [0.717, 1.165) is 11.1 Å². The lowest BCUT2D eigenvalue weighted by Gasteiger charge is -1.99. The second kappa shape index (κ2) is 4.58. The Morgan fingerprint density at radius 3 is 2.94 bits per heavy atom. The van der Waals surface area contributed by atoms with Gasteiger partial charge in [0.2, 0.25) is 0 Å². The third-order valence-corrected chi connectivity index (χ3v) is 2.31. The molecule has 0 aromatic carbocycles. The van der Waals surface area contributed by atoms with E-state index >= 15 is 0 Å². The SMILES string of the molecule is C(=NNc1ncnc2nc[nH]c12)c1ccncc1. The van der Waals surface area contributed by atoms with Gasteiger partial charge >= 0.3 is 0 Å². The van der Waals surface area contributed by atoms with Crippen LogP contribution < -0.4 is 5.43 Å². The highest BCUT2D eigenvalue weighted by Crippen LogP contribution is 2.13. The topological polar surface area (TPSA) is 91.7 Å². The van der Waals surface area contributed by atoms with Crippen LogP contribution in [0.1, 0.15) is 5.56 Å². The van der Waals surface area contributed by atoms with Crippen LogP contribution in [0.5, 0.6) is 0 Å². The average molecular weight is 239 g/mol. The van der Waals surface area contributed by atoms with Crippen LogP contribution in [0.4, 0.5) is 5.82 Å². The zero-order chi connectivity index (χ0) is 12.2. The minimum Gasteiger partial charge on any atom is -0.340 e. The van der Waals surface area contributed by atoms with Crippen molar-refractivity contribution in [1.29, 1.82) is 0 Å². The Bertz CT molecular complexity index is 674. The van der Waals surface area contributed by atoms with E-state index in [2.05, 4.69) is 35.4 Å². The van der Waals surface area contributed by atoms with E-state index in [1.54, 1.807) is 24.9 Å². The van der Waals surface area contributed by atoms with Crippen molar-refractivity contribution in [2.45, 2.75) is 0 Å². The first-order valence-corrected chi connectivity index (χ1v) is 5.26. The number of rotatable bonds is 3. The van der Waals surface area contributed by atoms with Crippen molar-refractivity contribution in [1.82, 2.24) is 24.9 Å². The molecule has 0 saturated carbocycles. The Morgan fingerprint density at radius 1 is 1.17 bits per heavy atom. The largest absolute Gasteiger partial charge is 0.340 e. The van der Waals surface area contributed by atoms with Crippen molar-refractivity contribution in [2.24, 2.45) is 5.10 Å². The van der Waals surface area contributed by atoms with Crippen LogP contribution in [0.3, 0.4) is 0 Å². The minimum absolute atomic E-state index is 0.586. The molecule has 0 spiro atoms. The number of pyridine rings is 1. The van der Waals surface area contributed by atoms with Gasteiger partial charge in [-0.05, 0) is 17.7 Å². The van der Waals surface area contributed by atoms with Crippen LogP contribution in [0.15, 0.2) is 42.3 Å². The molecule has 0 saturated heterocycles. The zero-order valence-corrected chi connectivity index (χ0v) is 9.28. The Labute approximate surface area is 102 Å². The van der Waals surface area contributed by atoms with Crippen molar-refractivity contribution < 1.29 is 0 Å². The van der Waals surface area contributed by atoms with Gasteiger partial charge in [0, 0.05) is 12.4 Å². The Morgan fingerprint density at radius 2 is 2.06 bits per heavy atom. The van der Waals surface area contributed by atoms with Gasteiger partial charge in [0.1, 0.15) is 11.8 Å². The molecule has 0 radical (unpaired) electrons. The number of aromatic amines is 1. The highest BCUT2D eigenvalue weighted by atomic mass is 15.3. The first-order valence-electron chi connectivity index (χ1n) is 5.26. The molecule has 3 rings (SSSR count). The maximum atomic E-state index is 4.10. The number of nitrogens with zero attached hydrogens (tertiary/aromatic N) is 5. The second-order valence-electron chi connectivity index (χ2n) is 3.47. The fourth-order valence-corrected chi connectivity index (χ4v) is 1.47. The second-order valence-corrected chi connectivity index (χ2v) is 3.47. The van der Waals surface area contributed by atoms with Gasteiger partial charge in [-0.2, -0.15) is 5.10 Å². The molecule has 0 aliphatic rings. The summed E-state index contributed by atoms with van der Waals surface area (Å²) < 4.78 is 0. The predicted molar refractivity (Wildman–Crippen MR) is 67.1 cm³/mol. The van der Waals surface area contributed by atoms with Crippen LogP contribution in [0, 0.1) is 0 Å². The van der Waals surface area contributed by atoms with Crippen molar-refractivity contribution in [3.63, 3.8) is 0 Å². The third kappa shape index (κ3) is 2.01. The van der Waals surface area contributed by atoms with E-state index in [4.69, 9.17) is 0 Å². The summed E-state index contributed by atoms with van der Waals surface area (Å²) in [5.74, 6) is 0.586. The van der Waals surface area contributed by atoms with E-state index in [1.165, 1.54) is 6.33 Å². The van der Waals surface area contributed by atoms with Crippen molar-refractivity contribution in [3.05, 3.63) is 42.7 Å². The summed E-state index contributed by atoms with van der Waals surface area (Å²) in [4.78, 5) is 19.0. The molecule has 0 atom stereocenters. The van der Waals surface area contributed by atoms with Gasteiger partial charge in [-0.25, -0.2) is 15.0 Å². The lowest BCUT2D eigenvalue weighted by Crippen LogP contribution is -1.95. The number of imidazole rings is 1. The summed E-state index contributed by atoms with van der Waals surface area (Å²) >= 11 is 0. The maximum Gasteiger partial charge on any atom is 0.182 e.